The van der Waals surface area contributed by atoms with Crippen LogP contribution in [-0.4, -0.2) is 101 Å². The molecule has 3 aliphatic rings. The van der Waals surface area contributed by atoms with Crippen LogP contribution in [0.1, 0.15) is 69.2 Å². The van der Waals surface area contributed by atoms with Crippen molar-refractivity contribution in [2.45, 2.75) is 70.9 Å². The molecule has 2 atom stereocenters. The van der Waals surface area contributed by atoms with Crippen LogP contribution < -0.4 is 14.8 Å². The number of nitrogens with zero attached hydrogens (tertiary/aromatic N) is 2. The number of methoxy groups -OCH3 is 2. The third kappa shape index (κ3) is 8.58. The van der Waals surface area contributed by atoms with Gasteiger partial charge in [0.2, 0.25) is 5.91 Å². The summed E-state index contributed by atoms with van der Waals surface area (Å²) in [6, 6.07) is 5.82. The molecule has 0 aromatic heterocycles. The standard InChI is InChI=1S/C32H51N3O6/c1-23(2)34(32(37)25-9-10-29(39-4)30(18-25)41-14-6-13-38-3)21-26-19-33-20-27(26)22-35(28-7-5-8-28)31(36)17-24-11-15-40-16-12-24/h9-10,18,23-24,26-28,33H,5-8,11-17,19-22H2,1-4H3/t26-,27-/m0/s1. The summed E-state index contributed by atoms with van der Waals surface area (Å²) in [5.74, 6) is 2.50. The average Bonchev–Trinajstić information content (AvgIpc) is 3.39. The molecule has 4 rings (SSSR count). The second kappa shape index (κ2) is 15.8. The minimum atomic E-state index is -0.0125. The smallest absolute Gasteiger partial charge is 0.254 e. The first-order valence-corrected chi connectivity index (χ1v) is 15.6. The molecular weight excluding hydrogens is 522 g/mol. The number of benzene rings is 1. The second-order valence-electron chi connectivity index (χ2n) is 12.2. The fourth-order valence-corrected chi connectivity index (χ4v) is 6.19. The predicted octanol–water partition coefficient (Wildman–Crippen LogP) is 3.99. The van der Waals surface area contributed by atoms with Crippen LogP contribution in [0, 0.1) is 17.8 Å². The predicted molar refractivity (Wildman–Crippen MR) is 159 cm³/mol. The molecule has 41 heavy (non-hydrogen) atoms. The van der Waals surface area contributed by atoms with Crippen LogP contribution in [0.2, 0.25) is 0 Å². The Bertz CT molecular complexity index is 978. The zero-order chi connectivity index (χ0) is 29.2. The Balaban J connectivity index is 1.42. The normalized spacial score (nSPS) is 21.5. The topological polar surface area (TPSA) is 89.6 Å². The number of rotatable bonds is 15. The van der Waals surface area contributed by atoms with Gasteiger partial charge in [-0.15, -0.1) is 0 Å². The van der Waals surface area contributed by atoms with Crippen molar-refractivity contribution in [1.29, 1.82) is 0 Å². The number of hydrogen-bond acceptors (Lipinski definition) is 7. The van der Waals surface area contributed by atoms with Crippen LogP contribution in [0.3, 0.4) is 0 Å². The van der Waals surface area contributed by atoms with Crippen molar-refractivity contribution in [2.75, 3.05) is 66.8 Å². The minimum absolute atomic E-state index is 0.0125. The monoisotopic (exact) mass is 573 g/mol. The van der Waals surface area contributed by atoms with E-state index in [0.717, 1.165) is 65.0 Å². The molecule has 9 nitrogen and oxygen atoms in total. The number of carbonyl (C=O) groups is 2. The van der Waals surface area contributed by atoms with Gasteiger partial charge in [-0.2, -0.15) is 0 Å². The molecule has 1 aliphatic carbocycles. The van der Waals surface area contributed by atoms with Crippen LogP contribution in [-0.2, 0) is 14.3 Å². The van der Waals surface area contributed by atoms with Gasteiger partial charge in [-0.1, -0.05) is 0 Å². The number of nitrogens with one attached hydrogen (secondary N) is 1. The molecule has 3 fully saturated rings. The van der Waals surface area contributed by atoms with E-state index in [4.69, 9.17) is 18.9 Å². The van der Waals surface area contributed by atoms with Gasteiger partial charge < -0.3 is 34.1 Å². The van der Waals surface area contributed by atoms with E-state index in [2.05, 4.69) is 24.1 Å². The van der Waals surface area contributed by atoms with Crippen molar-refractivity contribution in [2.24, 2.45) is 17.8 Å². The third-order valence-corrected chi connectivity index (χ3v) is 9.03. The number of hydrogen-bond donors (Lipinski definition) is 1. The summed E-state index contributed by atoms with van der Waals surface area (Å²) < 4.78 is 22.0. The van der Waals surface area contributed by atoms with E-state index in [1.165, 1.54) is 6.42 Å². The first-order chi connectivity index (χ1) is 19.9. The lowest BCUT2D eigenvalue weighted by Gasteiger charge is -2.41. The van der Waals surface area contributed by atoms with Crippen molar-refractivity contribution >= 4 is 11.8 Å². The number of amides is 2. The Labute approximate surface area is 246 Å². The highest BCUT2D eigenvalue weighted by Gasteiger charge is 2.37. The maximum atomic E-state index is 13.8. The van der Waals surface area contributed by atoms with E-state index in [1.807, 2.05) is 11.0 Å². The van der Waals surface area contributed by atoms with E-state index in [9.17, 15) is 9.59 Å². The van der Waals surface area contributed by atoms with Gasteiger partial charge in [0.15, 0.2) is 11.5 Å². The van der Waals surface area contributed by atoms with Crippen molar-refractivity contribution in [3.05, 3.63) is 23.8 Å². The minimum Gasteiger partial charge on any atom is -0.493 e. The zero-order valence-corrected chi connectivity index (χ0v) is 25.6. The van der Waals surface area contributed by atoms with Crippen LogP contribution in [0.15, 0.2) is 18.2 Å². The van der Waals surface area contributed by atoms with E-state index in [0.29, 0.717) is 67.0 Å². The van der Waals surface area contributed by atoms with E-state index >= 15 is 0 Å². The Hall–Kier alpha value is -2.36. The van der Waals surface area contributed by atoms with Gasteiger partial charge in [0.25, 0.3) is 5.91 Å². The van der Waals surface area contributed by atoms with Crippen molar-refractivity contribution in [3.63, 3.8) is 0 Å². The fourth-order valence-electron chi connectivity index (χ4n) is 6.19. The zero-order valence-electron chi connectivity index (χ0n) is 25.6. The lowest BCUT2D eigenvalue weighted by molar-refractivity contribution is -0.138. The number of ether oxygens (including phenoxy) is 4. The molecule has 1 N–H and O–H groups in total. The number of carbonyl (C=O) groups excluding carboxylic acids is 2. The maximum absolute atomic E-state index is 13.8. The Morgan fingerprint density at radius 2 is 1.73 bits per heavy atom. The largest absolute Gasteiger partial charge is 0.493 e. The molecule has 2 aliphatic heterocycles. The summed E-state index contributed by atoms with van der Waals surface area (Å²) in [5, 5.41) is 3.56. The van der Waals surface area contributed by atoms with Crippen molar-refractivity contribution < 1.29 is 28.5 Å². The fraction of sp³-hybridized carbons (Fsp3) is 0.750. The Kier molecular flexibility index (Phi) is 12.1. The van der Waals surface area contributed by atoms with Crippen LogP contribution in [0.25, 0.3) is 0 Å². The highest BCUT2D eigenvalue weighted by atomic mass is 16.5. The first kappa shape index (κ1) is 31.6. The van der Waals surface area contributed by atoms with Gasteiger partial charge in [-0.3, -0.25) is 9.59 Å². The molecular formula is C32H51N3O6. The van der Waals surface area contributed by atoms with Gasteiger partial charge >= 0.3 is 0 Å². The average molecular weight is 574 g/mol. The Morgan fingerprint density at radius 3 is 2.37 bits per heavy atom. The lowest BCUT2D eigenvalue weighted by atomic mass is 9.87. The second-order valence-corrected chi connectivity index (χ2v) is 12.2. The van der Waals surface area contributed by atoms with Crippen LogP contribution in [0.5, 0.6) is 11.5 Å². The van der Waals surface area contributed by atoms with Gasteiger partial charge in [0.1, 0.15) is 0 Å². The SMILES string of the molecule is COCCCOc1cc(C(=O)N(C[C@@H]2CNC[C@H]2CN(C(=O)CC2CCOCC2)C2CCC2)C(C)C)ccc1OC. The van der Waals surface area contributed by atoms with Crippen molar-refractivity contribution in [1.82, 2.24) is 15.1 Å². The highest BCUT2D eigenvalue weighted by molar-refractivity contribution is 5.95. The molecule has 1 aromatic carbocycles. The van der Waals surface area contributed by atoms with Crippen LogP contribution >= 0.6 is 0 Å². The summed E-state index contributed by atoms with van der Waals surface area (Å²) in [6.45, 7) is 9.91. The summed E-state index contributed by atoms with van der Waals surface area (Å²) in [6.07, 6.45) is 6.76. The summed E-state index contributed by atoms with van der Waals surface area (Å²) in [5.41, 5.74) is 0.589. The van der Waals surface area contributed by atoms with Gasteiger partial charge in [0, 0.05) is 83.6 Å². The van der Waals surface area contributed by atoms with E-state index in [-0.39, 0.29) is 17.9 Å². The quantitative estimate of drug-likeness (QED) is 0.317. The molecule has 1 aromatic rings. The van der Waals surface area contributed by atoms with E-state index in [1.54, 1.807) is 26.4 Å². The first-order valence-electron chi connectivity index (χ1n) is 15.6. The van der Waals surface area contributed by atoms with Gasteiger partial charge in [0.05, 0.1) is 13.7 Å². The molecule has 0 unspecified atom stereocenters. The molecule has 230 valence electrons. The molecule has 9 heteroatoms. The molecule has 0 bridgehead atoms. The Morgan fingerprint density at radius 1 is 1.00 bits per heavy atom. The third-order valence-electron chi connectivity index (χ3n) is 9.03. The van der Waals surface area contributed by atoms with Crippen LogP contribution in [0.4, 0.5) is 0 Å². The van der Waals surface area contributed by atoms with Gasteiger partial charge in [-0.25, -0.2) is 0 Å². The maximum Gasteiger partial charge on any atom is 0.254 e. The highest BCUT2D eigenvalue weighted by Crippen LogP contribution is 2.32. The molecule has 0 radical (unpaired) electrons. The van der Waals surface area contributed by atoms with Crippen molar-refractivity contribution in [3.8, 4) is 11.5 Å². The molecule has 2 heterocycles. The molecule has 2 amide bonds. The van der Waals surface area contributed by atoms with E-state index < -0.39 is 0 Å². The summed E-state index contributed by atoms with van der Waals surface area (Å²) >= 11 is 0. The molecule has 0 spiro atoms. The van der Waals surface area contributed by atoms with Gasteiger partial charge in [-0.05, 0) is 81.9 Å². The lowest BCUT2D eigenvalue weighted by Crippen LogP contribution is -2.49. The summed E-state index contributed by atoms with van der Waals surface area (Å²) in [7, 11) is 3.27. The molecule has 1 saturated carbocycles. The summed E-state index contributed by atoms with van der Waals surface area (Å²) in [4.78, 5) is 31.5. The molecule has 2 saturated heterocycles.